The van der Waals surface area contributed by atoms with Gasteiger partial charge < -0.3 is 15.0 Å². The van der Waals surface area contributed by atoms with Crippen LogP contribution in [0.25, 0.3) is 6.08 Å². The molecule has 1 amide bonds. The number of carbonyl (C=O) groups excluding carboxylic acids is 2. The lowest BCUT2D eigenvalue weighted by Gasteiger charge is -2.20. The van der Waals surface area contributed by atoms with Gasteiger partial charge in [0.25, 0.3) is 0 Å². The van der Waals surface area contributed by atoms with Crippen molar-refractivity contribution in [3.63, 3.8) is 0 Å². The zero-order valence-electron chi connectivity index (χ0n) is 13.0. The molecule has 0 aliphatic heterocycles. The molecule has 0 saturated heterocycles. The van der Waals surface area contributed by atoms with E-state index in [4.69, 9.17) is 0 Å². The Morgan fingerprint density at radius 2 is 1.76 bits per heavy atom. The molecule has 0 bridgehead atoms. The predicted molar refractivity (Wildman–Crippen MR) is 83.8 cm³/mol. The molecule has 5 heteroatoms. The molecule has 0 unspecified atom stereocenters. The standard InChI is InChI=1S/C16H22N2O3/c1-5-18(6-2)14-9-7-13(8-10-14)11-15(16(20)21-4)17-12(3)19/h7-11H,5-6H2,1-4H3,(H,17,19). The van der Waals surface area contributed by atoms with Gasteiger partial charge in [0.1, 0.15) is 5.70 Å². The second kappa shape index (κ2) is 8.09. The van der Waals surface area contributed by atoms with E-state index < -0.39 is 5.97 Å². The van der Waals surface area contributed by atoms with E-state index in [2.05, 4.69) is 28.8 Å². The molecule has 0 aliphatic rings. The number of amides is 1. The van der Waals surface area contributed by atoms with Crippen molar-refractivity contribution in [2.75, 3.05) is 25.1 Å². The Balaban J connectivity index is 3.00. The fourth-order valence-corrected chi connectivity index (χ4v) is 1.98. The van der Waals surface area contributed by atoms with Crippen molar-refractivity contribution in [1.29, 1.82) is 0 Å². The Kier molecular flexibility index (Phi) is 6.46. The van der Waals surface area contributed by atoms with E-state index >= 15 is 0 Å². The van der Waals surface area contributed by atoms with Gasteiger partial charge in [-0.05, 0) is 37.6 Å². The van der Waals surface area contributed by atoms with Gasteiger partial charge in [-0.2, -0.15) is 0 Å². The van der Waals surface area contributed by atoms with Crippen LogP contribution in [0.2, 0.25) is 0 Å². The molecule has 21 heavy (non-hydrogen) atoms. The summed E-state index contributed by atoms with van der Waals surface area (Å²) in [6.07, 6.45) is 1.60. The first kappa shape index (κ1) is 16.8. The lowest BCUT2D eigenvalue weighted by Crippen LogP contribution is -2.25. The van der Waals surface area contributed by atoms with Crippen LogP contribution < -0.4 is 10.2 Å². The minimum absolute atomic E-state index is 0.126. The van der Waals surface area contributed by atoms with Crippen molar-refractivity contribution in [3.8, 4) is 0 Å². The van der Waals surface area contributed by atoms with E-state index in [1.165, 1.54) is 14.0 Å². The maximum absolute atomic E-state index is 11.6. The van der Waals surface area contributed by atoms with Gasteiger partial charge in [0.05, 0.1) is 7.11 Å². The topological polar surface area (TPSA) is 58.6 Å². The van der Waals surface area contributed by atoms with E-state index in [1.54, 1.807) is 6.08 Å². The molecule has 0 aromatic heterocycles. The summed E-state index contributed by atoms with van der Waals surface area (Å²) in [5, 5.41) is 2.48. The lowest BCUT2D eigenvalue weighted by molar-refractivity contribution is -0.137. The fraction of sp³-hybridized carbons (Fsp3) is 0.375. The number of hydrogen-bond acceptors (Lipinski definition) is 4. The summed E-state index contributed by atoms with van der Waals surface area (Å²) in [6.45, 7) is 7.42. The van der Waals surface area contributed by atoms with E-state index in [-0.39, 0.29) is 11.6 Å². The number of anilines is 1. The number of benzene rings is 1. The Morgan fingerprint density at radius 3 is 2.19 bits per heavy atom. The number of nitrogens with one attached hydrogen (secondary N) is 1. The van der Waals surface area contributed by atoms with Crippen LogP contribution in [0.4, 0.5) is 5.69 Å². The molecular weight excluding hydrogens is 268 g/mol. The van der Waals surface area contributed by atoms with Gasteiger partial charge in [-0.25, -0.2) is 4.79 Å². The van der Waals surface area contributed by atoms with Crippen LogP contribution >= 0.6 is 0 Å². The van der Waals surface area contributed by atoms with E-state index in [9.17, 15) is 9.59 Å². The number of hydrogen-bond donors (Lipinski definition) is 1. The molecule has 0 aliphatic carbocycles. The third kappa shape index (κ3) is 4.95. The van der Waals surface area contributed by atoms with Gasteiger partial charge in [0.2, 0.25) is 5.91 Å². The van der Waals surface area contributed by atoms with Crippen LogP contribution in [0.5, 0.6) is 0 Å². The Labute approximate surface area is 125 Å². The Hall–Kier alpha value is -2.30. The molecule has 0 saturated carbocycles. The molecule has 5 nitrogen and oxygen atoms in total. The Morgan fingerprint density at radius 1 is 1.19 bits per heavy atom. The zero-order chi connectivity index (χ0) is 15.8. The zero-order valence-corrected chi connectivity index (χ0v) is 13.0. The summed E-state index contributed by atoms with van der Waals surface area (Å²) in [5.41, 5.74) is 2.07. The van der Waals surface area contributed by atoms with Crippen molar-refractivity contribution in [3.05, 3.63) is 35.5 Å². The molecule has 1 N–H and O–H groups in total. The SMILES string of the molecule is CCN(CC)c1ccc(C=C(NC(C)=O)C(=O)OC)cc1. The number of rotatable bonds is 6. The molecule has 1 aromatic carbocycles. The van der Waals surface area contributed by atoms with Crippen LogP contribution in [0.3, 0.4) is 0 Å². The maximum atomic E-state index is 11.6. The highest BCUT2D eigenvalue weighted by atomic mass is 16.5. The van der Waals surface area contributed by atoms with Gasteiger partial charge >= 0.3 is 5.97 Å². The maximum Gasteiger partial charge on any atom is 0.354 e. The molecular formula is C16H22N2O3. The number of carbonyl (C=O) groups is 2. The second-order valence-electron chi connectivity index (χ2n) is 4.49. The van der Waals surface area contributed by atoms with Crippen LogP contribution in [-0.4, -0.2) is 32.1 Å². The van der Waals surface area contributed by atoms with Crippen molar-refractivity contribution in [1.82, 2.24) is 5.32 Å². The summed E-state index contributed by atoms with van der Waals surface area (Å²) in [4.78, 5) is 25.0. The minimum atomic E-state index is -0.571. The van der Waals surface area contributed by atoms with E-state index in [0.29, 0.717) is 0 Å². The van der Waals surface area contributed by atoms with Crippen LogP contribution in [-0.2, 0) is 14.3 Å². The average Bonchev–Trinajstić information content (AvgIpc) is 2.48. The molecule has 1 aromatic rings. The molecule has 1 rings (SSSR count). The first-order valence-electron chi connectivity index (χ1n) is 6.94. The number of esters is 1. The van der Waals surface area contributed by atoms with E-state index in [0.717, 1.165) is 24.3 Å². The van der Waals surface area contributed by atoms with Gasteiger partial charge in [-0.15, -0.1) is 0 Å². The molecule has 0 heterocycles. The molecule has 0 spiro atoms. The first-order chi connectivity index (χ1) is 10.0. The highest BCUT2D eigenvalue weighted by Crippen LogP contribution is 2.16. The average molecular weight is 290 g/mol. The highest BCUT2D eigenvalue weighted by Gasteiger charge is 2.11. The smallest absolute Gasteiger partial charge is 0.354 e. The van der Waals surface area contributed by atoms with Gasteiger partial charge in [-0.3, -0.25) is 4.79 Å². The van der Waals surface area contributed by atoms with Crippen molar-refractivity contribution < 1.29 is 14.3 Å². The summed E-state index contributed by atoms with van der Waals surface area (Å²) < 4.78 is 4.65. The second-order valence-corrected chi connectivity index (χ2v) is 4.49. The van der Waals surface area contributed by atoms with Crippen LogP contribution in [0, 0.1) is 0 Å². The summed E-state index contributed by atoms with van der Waals surface area (Å²) in [6, 6.07) is 7.78. The van der Waals surface area contributed by atoms with Crippen molar-refractivity contribution >= 4 is 23.6 Å². The molecule has 0 atom stereocenters. The molecule has 0 radical (unpaired) electrons. The van der Waals surface area contributed by atoms with Crippen LogP contribution in [0.15, 0.2) is 30.0 Å². The normalized spacial score (nSPS) is 11.0. The number of ether oxygens (including phenoxy) is 1. The van der Waals surface area contributed by atoms with Gasteiger partial charge in [0.15, 0.2) is 0 Å². The van der Waals surface area contributed by atoms with Gasteiger partial charge in [0, 0.05) is 25.7 Å². The molecule has 0 fully saturated rings. The lowest BCUT2D eigenvalue weighted by atomic mass is 10.1. The number of methoxy groups -OCH3 is 1. The quantitative estimate of drug-likeness (QED) is 0.644. The summed E-state index contributed by atoms with van der Waals surface area (Å²) >= 11 is 0. The van der Waals surface area contributed by atoms with E-state index in [1.807, 2.05) is 24.3 Å². The van der Waals surface area contributed by atoms with Crippen LogP contribution in [0.1, 0.15) is 26.3 Å². The summed E-state index contributed by atoms with van der Waals surface area (Å²) in [5.74, 6) is -0.885. The van der Waals surface area contributed by atoms with Crippen molar-refractivity contribution in [2.45, 2.75) is 20.8 Å². The van der Waals surface area contributed by atoms with Gasteiger partial charge in [-0.1, -0.05) is 12.1 Å². The third-order valence-corrected chi connectivity index (χ3v) is 3.05. The largest absolute Gasteiger partial charge is 0.464 e. The van der Waals surface area contributed by atoms with Crippen molar-refractivity contribution in [2.24, 2.45) is 0 Å². The highest BCUT2D eigenvalue weighted by molar-refractivity contribution is 5.97. The third-order valence-electron chi connectivity index (χ3n) is 3.05. The monoisotopic (exact) mass is 290 g/mol. The predicted octanol–water partition coefficient (Wildman–Crippen LogP) is 2.18. The Bertz CT molecular complexity index is 517. The fourth-order valence-electron chi connectivity index (χ4n) is 1.98. The summed E-state index contributed by atoms with van der Waals surface area (Å²) in [7, 11) is 1.28. The first-order valence-corrected chi connectivity index (χ1v) is 6.94. The molecule has 114 valence electrons. The minimum Gasteiger partial charge on any atom is -0.464 e. The number of nitrogens with zero attached hydrogens (tertiary/aromatic N) is 1.